The number of aldehydes is 1. The molecule has 1 aromatic carbocycles. The van der Waals surface area contributed by atoms with Gasteiger partial charge < -0.3 is 9.64 Å². The van der Waals surface area contributed by atoms with Crippen LogP contribution in [-0.4, -0.2) is 60.1 Å². The number of halogens is 1. The number of nitrogens with zero attached hydrogens (tertiary/aromatic N) is 4. The number of aromatic nitrogens is 2. The Hall–Kier alpha value is -2.57. The van der Waals surface area contributed by atoms with Crippen LogP contribution in [0.3, 0.4) is 0 Å². The van der Waals surface area contributed by atoms with Crippen LogP contribution in [0.2, 0.25) is 5.02 Å². The molecule has 1 saturated heterocycles. The number of anilines is 1. The lowest BCUT2D eigenvalue weighted by atomic mass is 10.2. The number of piperazine rings is 1. The first-order valence-corrected chi connectivity index (χ1v) is 10.4. The van der Waals surface area contributed by atoms with E-state index in [0.29, 0.717) is 17.9 Å². The van der Waals surface area contributed by atoms with Crippen LogP contribution < -0.4 is 9.64 Å². The van der Waals surface area contributed by atoms with Gasteiger partial charge in [0.05, 0.1) is 29.1 Å². The molecular weight excluding hydrogens is 388 g/mol. The summed E-state index contributed by atoms with van der Waals surface area (Å²) in [7, 11) is 0. The molecule has 7 heteroatoms. The van der Waals surface area contributed by atoms with Gasteiger partial charge in [-0.25, -0.2) is 4.52 Å². The second-order valence-corrected chi connectivity index (χ2v) is 7.63. The van der Waals surface area contributed by atoms with Crippen molar-refractivity contribution in [3.05, 3.63) is 59.4 Å². The first-order chi connectivity index (χ1) is 14.3. The minimum atomic E-state index is 0.553. The third-order valence-electron chi connectivity index (χ3n) is 5.35. The largest absolute Gasteiger partial charge is 0.491 e. The monoisotopic (exact) mass is 412 g/mol. The number of carbonyl (C=O) groups excluding carboxylic acids is 1. The summed E-state index contributed by atoms with van der Waals surface area (Å²) in [5.41, 5.74) is 2.42. The van der Waals surface area contributed by atoms with E-state index in [2.05, 4.69) is 21.0 Å². The molecule has 4 rings (SSSR count). The molecule has 2 aromatic heterocycles. The highest BCUT2D eigenvalue weighted by Crippen LogP contribution is 2.26. The molecule has 0 N–H and O–H groups in total. The van der Waals surface area contributed by atoms with Gasteiger partial charge in [-0.05, 0) is 43.7 Å². The van der Waals surface area contributed by atoms with E-state index in [4.69, 9.17) is 16.3 Å². The van der Waals surface area contributed by atoms with E-state index in [1.165, 1.54) is 0 Å². The van der Waals surface area contributed by atoms with Crippen molar-refractivity contribution < 1.29 is 9.53 Å². The number of ether oxygens (including phenoxy) is 1. The summed E-state index contributed by atoms with van der Waals surface area (Å²) in [4.78, 5) is 16.0. The second kappa shape index (κ2) is 9.29. The SMILES string of the molecule is O=Cc1cnn2cccc(OCCCCN3CCN(c4ccccc4Cl)CC3)c12. The topological polar surface area (TPSA) is 50.1 Å². The van der Waals surface area contributed by atoms with E-state index in [-0.39, 0.29) is 0 Å². The molecular formula is C22H25ClN4O2. The third-order valence-corrected chi connectivity index (χ3v) is 5.67. The first-order valence-electron chi connectivity index (χ1n) is 10.0. The smallest absolute Gasteiger partial charge is 0.153 e. The zero-order chi connectivity index (χ0) is 20.1. The summed E-state index contributed by atoms with van der Waals surface area (Å²) in [6, 6.07) is 11.8. The summed E-state index contributed by atoms with van der Waals surface area (Å²) in [6.07, 6.45) is 6.25. The highest BCUT2D eigenvalue weighted by molar-refractivity contribution is 6.33. The molecule has 1 aliphatic rings. The van der Waals surface area contributed by atoms with Crippen molar-refractivity contribution in [1.82, 2.24) is 14.5 Å². The number of unbranched alkanes of at least 4 members (excludes halogenated alkanes) is 1. The summed E-state index contributed by atoms with van der Waals surface area (Å²) in [5.74, 6) is 0.709. The van der Waals surface area contributed by atoms with Crippen molar-refractivity contribution in [1.29, 1.82) is 0 Å². The summed E-state index contributed by atoms with van der Waals surface area (Å²) in [5, 5.41) is 5.00. The molecule has 0 atom stereocenters. The predicted molar refractivity (Wildman–Crippen MR) is 115 cm³/mol. The molecule has 152 valence electrons. The highest BCUT2D eigenvalue weighted by Gasteiger charge is 2.18. The van der Waals surface area contributed by atoms with Gasteiger partial charge in [-0.3, -0.25) is 9.69 Å². The average Bonchev–Trinajstić information content (AvgIpc) is 3.18. The molecule has 1 fully saturated rings. The molecule has 0 spiro atoms. The molecule has 3 heterocycles. The number of pyridine rings is 1. The minimum Gasteiger partial charge on any atom is -0.491 e. The number of benzene rings is 1. The maximum atomic E-state index is 11.2. The van der Waals surface area contributed by atoms with E-state index in [1.54, 1.807) is 10.7 Å². The molecule has 3 aromatic rings. The predicted octanol–water partition coefficient (Wildman–Crippen LogP) is 3.78. The summed E-state index contributed by atoms with van der Waals surface area (Å²) < 4.78 is 7.61. The zero-order valence-electron chi connectivity index (χ0n) is 16.3. The number of hydrogen-bond acceptors (Lipinski definition) is 5. The standard InChI is InChI=1S/C22H25ClN4O2/c23-19-6-1-2-7-20(19)26-13-11-25(12-14-26)9-3-4-15-29-21-8-5-10-27-22(21)18(17-28)16-24-27/h1-2,5-8,10,16-17H,3-4,9,11-15H2. The van der Waals surface area contributed by atoms with Crippen LogP contribution in [0.4, 0.5) is 5.69 Å². The van der Waals surface area contributed by atoms with Gasteiger partial charge in [-0.1, -0.05) is 23.7 Å². The van der Waals surface area contributed by atoms with Crippen LogP contribution in [0.15, 0.2) is 48.8 Å². The minimum absolute atomic E-state index is 0.553. The number of carbonyl (C=O) groups is 1. The fraction of sp³-hybridized carbons (Fsp3) is 0.364. The van der Waals surface area contributed by atoms with Gasteiger partial charge in [0.25, 0.3) is 0 Å². The fourth-order valence-corrected chi connectivity index (χ4v) is 4.03. The normalized spacial score (nSPS) is 15.0. The van der Waals surface area contributed by atoms with Gasteiger partial charge in [-0.15, -0.1) is 0 Å². The van der Waals surface area contributed by atoms with Crippen molar-refractivity contribution in [2.45, 2.75) is 12.8 Å². The Morgan fingerprint density at radius 1 is 1.07 bits per heavy atom. The van der Waals surface area contributed by atoms with Crippen LogP contribution in [0.1, 0.15) is 23.2 Å². The maximum Gasteiger partial charge on any atom is 0.153 e. The number of fused-ring (bicyclic) bond motifs is 1. The molecule has 0 aliphatic carbocycles. The number of para-hydroxylation sites is 1. The van der Waals surface area contributed by atoms with Gasteiger partial charge in [0, 0.05) is 32.4 Å². The van der Waals surface area contributed by atoms with Crippen LogP contribution in [0.25, 0.3) is 5.52 Å². The van der Waals surface area contributed by atoms with Crippen molar-refractivity contribution >= 4 is 29.1 Å². The van der Waals surface area contributed by atoms with E-state index >= 15 is 0 Å². The van der Waals surface area contributed by atoms with Crippen LogP contribution in [0.5, 0.6) is 5.75 Å². The Kier molecular flexibility index (Phi) is 6.32. The average molecular weight is 413 g/mol. The van der Waals surface area contributed by atoms with E-state index in [0.717, 1.165) is 68.1 Å². The molecule has 29 heavy (non-hydrogen) atoms. The molecule has 0 bridgehead atoms. The lowest BCUT2D eigenvalue weighted by molar-refractivity contribution is 0.112. The fourth-order valence-electron chi connectivity index (χ4n) is 3.78. The molecule has 0 unspecified atom stereocenters. The molecule has 0 amide bonds. The number of rotatable bonds is 8. The van der Waals surface area contributed by atoms with Crippen LogP contribution in [0, 0.1) is 0 Å². The highest BCUT2D eigenvalue weighted by atomic mass is 35.5. The van der Waals surface area contributed by atoms with E-state index < -0.39 is 0 Å². The Balaban J connectivity index is 1.20. The van der Waals surface area contributed by atoms with Gasteiger partial charge in [-0.2, -0.15) is 5.10 Å². The van der Waals surface area contributed by atoms with Crippen molar-refractivity contribution in [3.8, 4) is 5.75 Å². The molecule has 1 aliphatic heterocycles. The Bertz CT molecular complexity index is 966. The Morgan fingerprint density at radius 2 is 1.90 bits per heavy atom. The Labute approximate surface area is 175 Å². The van der Waals surface area contributed by atoms with Gasteiger partial charge in [0.2, 0.25) is 0 Å². The van der Waals surface area contributed by atoms with E-state index in [1.807, 2.05) is 36.5 Å². The first kappa shape index (κ1) is 19.7. The zero-order valence-corrected chi connectivity index (χ0v) is 17.1. The van der Waals surface area contributed by atoms with Crippen molar-refractivity contribution in [3.63, 3.8) is 0 Å². The van der Waals surface area contributed by atoms with Crippen molar-refractivity contribution in [2.75, 3.05) is 44.2 Å². The third kappa shape index (κ3) is 4.54. The van der Waals surface area contributed by atoms with Crippen LogP contribution in [-0.2, 0) is 0 Å². The molecule has 0 radical (unpaired) electrons. The van der Waals surface area contributed by atoms with Crippen LogP contribution >= 0.6 is 11.6 Å². The van der Waals surface area contributed by atoms with Crippen molar-refractivity contribution in [2.24, 2.45) is 0 Å². The van der Waals surface area contributed by atoms with Gasteiger partial charge in [0.1, 0.15) is 11.3 Å². The lowest BCUT2D eigenvalue weighted by Crippen LogP contribution is -2.46. The second-order valence-electron chi connectivity index (χ2n) is 7.22. The van der Waals surface area contributed by atoms with Gasteiger partial charge >= 0.3 is 0 Å². The quantitative estimate of drug-likeness (QED) is 0.416. The Morgan fingerprint density at radius 3 is 2.69 bits per heavy atom. The lowest BCUT2D eigenvalue weighted by Gasteiger charge is -2.36. The maximum absolute atomic E-state index is 11.2. The van der Waals surface area contributed by atoms with E-state index in [9.17, 15) is 4.79 Å². The molecule has 0 saturated carbocycles. The summed E-state index contributed by atoms with van der Waals surface area (Å²) >= 11 is 6.32. The summed E-state index contributed by atoms with van der Waals surface area (Å²) in [6.45, 7) is 5.78. The van der Waals surface area contributed by atoms with Gasteiger partial charge in [0.15, 0.2) is 6.29 Å². The molecule has 6 nitrogen and oxygen atoms in total. The number of hydrogen-bond donors (Lipinski definition) is 0.